The molecule has 8 heteroatoms. The maximum atomic E-state index is 4.93. The summed E-state index contributed by atoms with van der Waals surface area (Å²) in [5.74, 6) is 3.93. The van der Waals surface area contributed by atoms with Crippen LogP contribution >= 0.6 is 0 Å². The van der Waals surface area contributed by atoms with Crippen molar-refractivity contribution in [3.8, 4) is 78.8 Å². The van der Waals surface area contributed by atoms with Crippen molar-refractivity contribution in [1.29, 1.82) is 0 Å². The van der Waals surface area contributed by atoms with E-state index < -0.39 is 0 Å². The molecule has 0 atom stereocenters. The zero-order valence-corrected chi connectivity index (χ0v) is 44.9. The highest BCUT2D eigenvalue weighted by Gasteiger charge is 2.23. The highest BCUT2D eigenvalue weighted by molar-refractivity contribution is 5.92. The number of hydrogen-bond donors (Lipinski definition) is 0. The molecule has 0 saturated heterocycles. The van der Waals surface area contributed by atoms with Crippen molar-refractivity contribution in [2.75, 3.05) is 0 Å². The van der Waals surface area contributed by atoms with Gasteiger partial charge in [-0.2, -0.15) is 0 Å². The predicted molar refractivity (Wildman–Crippen MR) is 313 cm³/mol. The molecule has 0 aliphatic carbocycles. The lowest BCUT2D eigenvalue weighted by Gasteiger charge is -2.19. The lowest BCUT2D eigenvalue weighted by atomic mass is 9.94. The van der Waals surface area contributed by atoms with Crippen LogP contribution in [-0.4, -0.2) is 39.9 Å². The molecule has 376 valence electrons. The van der Waals surface area contributed by atoms with Gasteiger partial charge in [-0.1, -0.05) is 244 Å². The Morgan fingerprint density at radius 3 is 1.21 bits per heavy atom. The average Bonchev–Trinajstić information content (AvgIpc) is 3.45. The summed E-state index contributed by atoms with van der Waals surface area (Å²) in [6, 6.07) is 72.3. The molecule has 0 fully saturated rings. The van der Waals surface area contributed by atoms with Gasteiger partial charge in [0, 0.05) is 61.8 Å². The van der Waals surface area contributed by atoms with Crippen LogP contribution in [0.3, 0.4) is 0 Å². The molecule has 8 nitrogen and oxygen atoms in total. The molecule has 76 heavy (non-hydrogen) atoms. The zero-order chi connectivity index (χ0) is 53.3. The van der Waals surface area contributed by atoms with Crippen LogP contribution in [0.4, 0.5) is 0 Å². The van der Waals surface area contributed by atoms with Gasteiger partial charge in [0.15, 0.2) is 11.6 Å². The van der Waals surface area contributed by atoms with E-state index in [0.29, 0.717) is 11.6 Å². The molecule has 0 bridgehead atoms. The van der Waals surface area contributed by atoms with Crippen LogP contribution in [0.5, 0.6) is 0 Å². The fourth-order valence-corrected chi connectivity index (χ4v) is 8.32. The summed E-state index contributed by atoms with van der Waals surface area (Å²) in [7, 11) is 0. The van der Waals surface area contributed by atoms with E-state index in [2.05, 4.69) is 189 Å². The minimum atomic E-state index is -0.168. The number of pyridine rings is 1. The van der Waals surface area contributed by atoms with E-state index in [1.165, 1.54) is 16.7 Å². The summed E-state index contributed by atoms with van der Waals surface area (Å²) in [4.78, 5) is 37.7. The van der Waals surface area contributed by atoms with Gasteiger partial charge < -0.3 is 0 Å². The van der Waals surface area contributed by atoms with Gasteiger partial charge in [0.05, 0.1) is 22.6 Å². The number of rotatable bonds is 7. The number of fused-ring (bicyclic) bond motifs is 1. The maximum Gasteiger partial charge on any atom is 0.163 e. The van der Waals surface area contributed by atoms with Crippen molar-refractivity contribution in [2.45, 2.75) is 78.6 Å². The molecule has 0 radical (unpaired) electrons. The third-order valence-corrected chi connectivity index (χ3v) is 12.5. The number of aromatic nitrogens is 8. The van der Waals surface area contributed by atoms with Crippen molar-refractivity contribution in [3.05, 3.63) is 242 Å². The average molecular weight is 993 g/mol. The van der Waals surface area contributed by atoms with E-state index >= 15 is 0 Å². The maximum absolute atomic E-state index is 4.93. The summed E-state index contributed by atoms with van der Waals surface area (Å²) in [6.07, 6.45) is 3.58. The molecule has 4 heterocycles. The molecule has 0 aliphatic heterocycles. The standard InChI is InChI=1S/C25H23N3.C24H22N2.C19H19N3/c1-25(2,3)24-27-22(19-13-8-5-9-14-19)26-23(28-24)21-16-10-15-20(17-21)18-11-6-4-7-12-18;1-24(2,3)23-25-21-12-8-7-11-20(21)22(26-23)19-15-13-18(14-16-19)17-9-5-4-6-10-17;1-19(2,3)18-21-16(14-7-5-4-6-8-14)13-17(22-18)15-9-11-20-12-10-15/h4-17H,1-3H3;4-16H,1-3H3;4-13H,1-3H3. The first kappa shape index (κ1) is 52.0. The Balaban J connectivity index is 0.000000140. The minimum absolute atomic E-state index is 0.0945. The lowest BCUT2D eigenvalue weighted by Crippen LogP contribution is -2.18. The summed E-state index contributed by atoms with van der Waals surface area (Å²) >= 11 is 0. The van der Waals surface area contributed by atoms with Crippen LogP contribution in [-0.2, 0) is 16.2 Å². The quantitative estimate of drug-likeness (QED) is 0.156. The van der Waals surface area contributed by atoms with Crippen LogP contribution in [0.2, 0.25) is 0 Å². The van der Waals surface area contributed by atoms with Crippen molar-refractivity contribution >= 4 is 10.9 Å². The van der Waals surface area contributed by atoms with Crippen molar-refractivity contribution in [1.82, 2.24) is 39.9 Å². The molecular weight excluding hydrogens is 929 g/mol. The topological polar surface area (TPSA) is 103 Å². The first-order chi connectivity index (χ1) is 36.6. The van der Waals surface area contributed by atoms with Gasteiger partial charge in [-0.25, -0.2) is 34.9 Å². The van der Waals surface area contributed by atoms with Crippen LogP contribution < -0.4 is 0 Å². The first-order valence-electron chi connectivity index (χ1n) is 25.8. The molecule has 7 aromatic carbocycles. The van der Waals surface area contributed by atoms with Gasteiger partial charge in [-0.15, -0.1) is 0 Å². The Morgan fingerprint density at radius 2 is 0.658 bits per heavy atom. The number of nitrogens with zero attached hydrogens (tertiary/aromatic N) is 8. The van der Waals surface area contributed by atoms with E-state index in [9.17, 15) is 0 Å². The van der Waals surface area contributed by atoms with Crippen molar-refractivity contribution in [2.24, 2.45) is 0 Å². The lowest BCUT2D eigenvalue weighted by molar-refractivity contribution is 0.543. The molecule has 0 aliphatic rings. The van der Waals surface area contributed by atoms with Crippen molar-refractivity contribution < 1.29 is 0 Å². The molecule has 0 N–H and O–H groups in total. The van der Waals surface area contributed by atoms with Crippen LogP contribution in [0.25, 0.3) is 89.7 Å². The number of para-hydroxylation sites is 1. The second kappa shape index (κ2) is 22.7. The summed E-state index contributed by atoms with van der Waals surface area (Å²) in [5, 5.41) is 1.09. The number of hydrogen-bond acceptors (Lipinski definition) is 8. The monoisotopic (exact) mass is 993 g/mol. The third-order valence-electron chi connectivity index (χ3n) is 12.5. The van der Waals surface area contributed by atoms with Gasteiger partial charge in [0.25, 0.3) is 0 Å². The van der Waals surface area contributed by atoms with E-state index in [1.54, 1.807) is 12.4 Å². The van der Waals surface area contributed by atoms with Gasteiger partial charge in [-0.05, 0) is 52.6 Å². The van der Waals surface area contributed by atoms with Gasteiger partial charge in [0.1, 0.15) is 17.5 Å². The molecular formula is C68H64N8. The Hall–Kier alpha value is -8.88. The SMILES string of the molecule is CC(C)(C)c1nc(-c2ccc(-c3ccccc3)cc2)c2ccccc2n1.CC(C)(C)c1nc(-c2ccccc2)cc(-c2ccncc2)n1.CC(C)(C)c1nc(-c2ccccc2)nc(-c2cccc(-c3ccccc3)c2)n1. The summed E-state index contributed by atoms with van der Waals surface area (Å²) in [5.41, 5.74) is 13.5. The van der Waals surface area contributed by atoms with E-state index in [0.717, 1.165) is 78.8 Å². The largest absolute Gasteiger partial charge is 0.265 e. The van der Waals surface area contributed by atoms with Crippen LogP contribution in [0.15, 0.2) is 225 Å². The highest BCUT2D eigenvalue weighted by Crippen LogP contribution is 2.33. The molecule has 0 spiro atoms. The zero-order valence-electron chi connectivity index (χ0n) is 44.9. The molecule has 0 amide bonds. The Bertz CT molecular complexity index is 3600. The fourth-order valence-electron chi connectivity index (χ4n) is 8.32. The Morgan fingerprint density at radius 1 is 0.263 bits per heavy atom. The third kappa shape index (κ3) is 12.9. The molecule has 11 rings (SSSR count). The molecule has 0 unspecified atom stereocenters. The van der Waals surface area contributed by atoms with E-state index in [1.807, 2.05) is 91.0 Å². The van der Waals surface area contributed by atoms with Crippen LogP contribution in [0, 0.1) is 0 Å². The first-order valence-corrected chi connectivity index (χ1v) is 25.8. The normalized spacial score (nSPS) is 11.5. The van der Waals surface area contributed by atoms with Gasteiger partial charge in [-0.3, -0.25) is 4.98 Å². The van der Waals surface area contributed by atoms with E-state index in [4.69, 9.17) is 34.9 Å². The van der Waals surface area contributed by atoms with Gasteiger partial charge >= 0.3 is 0 Å². The molecule has 11 aromatic rings. The molecule has 0 saturated carbocycles. The minimum Gasteiger partial charge on any atom is -0.265 e. The summed E-state index contributed by atoms with van der Waals surface area (Å²) in [6.45, 7) is 19.2. The fraction of sp³-hybridized carbons (Fsp3) is 0.176. The summed E-state index contributed by atoms with van der Waals surface area (Å²) < 4.78 is 0. The Kier molecular flexibility index (Phi) is 15.5. The second-order valence-electron chi connectivity index (χ2n) is 21.8. The van der Waals surface area contributed by atoms with Crippen molar-refractivity contribution in [3.63, 3.8) is 0 Å². The molecule has 4 aromatic heterocycles. The highest BCUT2D eigenvalue weighted by atomic mass is 15.0. The number of benzene rings is 7. The van der Waals surface area contributed by atoms with Gasteiger partial charge in [0.2, 0.25) is 0 Å². The second-order valence-corrected chi connectivity index (χ2v) is 21.8. The van der Waals surface area contributed by atoms with Crippen LogP contribution in [0.1, 0.15) is 79.8 Å². The Labute approximate surface area is 448 Å². The van der Waals surface area contributed by atoms with E-state index in [-0.39, 0.29) is 16.2 Å². The predicted octanol–water partition coefficient (Wildman–Crippen LogP) is 16.9. The smallest absolute Gasteiger partial charge is 0.163 e.